The van der Waals surface area contributed by atoms with Crippen LogP contribution in [0.3, 0.4) is 0 Å². The second-order valence-electron chi connectivity index (χ2n) is 7.13. The molecule has 12 heteroatoms. The summed E-state index contributed by atoms with van der Waals surface area (Å²) < 4.78 is 31.6. The Morgan fingerprint density at radius 2 is 2.03 bits per heavy atom. The monoisotopic (exact) mass is 462 g/mol. The Labute approximate surface area is 185 Å². The fourth-order valence-electron chi connectivity index (χ4n) is 2.84. The minimum Gasteiger partial charge on any atom is -0.479 e. The second kappa shape index (κ2) is 10.6. The molecule has 0 saturated carbocycles. The quantitative estimate of drug-likeness (QED) is 0.304. The Balaban J connectivity index is 1.63. The number of nitrogens with two attached hydrogens (primary N) is 1. The molecule has 3 N–H and O–H groups in total. The van der Waals surface area contributed by atoms with E-state index in [1.807, 2.05) is 30.3 Å². The van der Waals surface area contributed by atoms with Crippen LogP contribution in [0.25, 0.3) is 11.2 Å². The van der Waals surface area contributed by atoms with Crippen molar-refractivity contribution in [2.75, 3.05) is 25.8 Å². The van der Waals surface area contributed by atoms with E-state index in [0.29, 0.717) is 17.7 Å². The lowest BCUT2D eigenvalue weighted by Gasteiger charge is -2.22. The molecule has 32 heavy (non-hydrogen) atoms. The summed E-state index contributed by atoms with van der Waals surface area (Å²) in [5.74, 6) is 0.205. The van der Waals surface area contributed by atoms with Gasteiger partial charge in [0, 0.05) is 6.54 Å². The van der Waals surface area contributed by atoms with Gasteiger partial charge in [-0.1, -0.05) is 30.3 Å². The van der Waals surface area contributed by atoms with E-state index in [1.54, 1.807) is 17.8 Å². The number of carbonyl (C=O) groups is 1. The number of aromatic nitrogens is 4. The molecule has 0 fully saturated rings. The molecule has 1 aromatic carbocycles. The number of nitrogen functional groups attached to an aromatic ring is 1. The van der Waals surface area contributed by atoms with Gasteiger partial charge >= 0.3 is 0 Å². The van der Waals surface area contributed by atoms with Gasteiger partial charge in [-0.25, -0.2) is 10.1 Å². The van der Waals surface area contributed by atoms with Gasteiger partial charge in [0.1, 0.15) is 12.1 Å². The van der Waals surface area contributed by atoms with Crippen molar-refractivity contribution in [2.45, 2.75) is 33.0 Å². The molecule has 0 saturated heterocycles. The minimum atomic E-state index is -3.45. The summed E-state index contributed by atoms with van der Waals surface area (Å²) in [6.07, 6.45) is 1.37. The average Bonchev–Trinajstić information content (AvgIpc) is 3.18. The van der Waals surface area contributed by atoms with Gasteiger partial charge in [0.05, 0.1) is 32.7 Å². The first-order valence-corrected chi connectivity index (χ1v) is 11.8. The maximum absolute atomic E-state index is 13.3. The predicted molar refractivity (Wildman–Crippen MR) is 119 cm³/mol. The smallest absolute Gasteiger partial charge is 0.295 e. The number of nitrogens with one attached hydrogen (secondary N) is 1. The molecule has 0 aliphatic rings. The molecule has 0 bridgehead atoms. The first kappa shape index (κ1) is 23.8. The first-order valence-electron chi connectivity index (χ1n) is 9.97. The molecule has 2 atom stereocenters. The summed E-state index contributed by atoms with van der Waals surface area (Å²) >= 11 is 0. The molecule has 0 amide bonds. The summed E-state index contributed by atoms with van der Waals surface area (Å²) in [5, 5.41) is 2.79. The molecule has 0 radical (unpaired) electrons. The van der Waals surface area contributed by atoms with Gasteiger partial charge in [0.2, 0.25) is 11.8 Å². The summed E-state index contributed by atoms with van der Waals surface area (Å²) in [7, 11) is -1.98. The zero-order chi connectivity index (χ0) is 23.1. The van der Waals surface area contributed by atoms with E-state index in [0.717, 1.165) is 5.56 Å². The standard InChI is InChI=1S/C20H27N6O5P/c1-14(15(2)27)25-32(28,31-11-16-7-5-4-6-8-16)13-30-10-9-26-12-22-17-18(26)23-20(21)24-19(17)29-3/h4-8,12,14H,9-11,13H2,1-3H3,(H,25,28)(H2,21,23,24)/t14-,32?/m1/s1. The third kappa shape index (κ3) is 6.10. The molecule has 172 valence electrons. The zero-order valence-electron chi connectivity index (χ0n) is 18.2. The van der Waals surface area contributed by atoms with Gasteiger partial charge < -0.3 is 24.3 Å². The Morgan fingerprint density at radius 3 is 2.72 bits per heavy atom. The number of ether oxygens (including phenoxy) is 2. The molecule has 1 unspecified atom stereocenters. The number of hydrogen-bond donors (Lipinski definition) is 2. The van der Waals surface area contributed by atoms with E-state index in [9.17, 15) is 9.36 Å². The average molecular weight is 462 g/mol. The number of imidazole rings is 1. The largest absolute Gasteiger partial charge is 0.479 e. The predicted octanol–water partition coefficient (Wildman–Crippen LogP) is 2.37. The summed E-state index contributed by atoms with van der Waals surface area (Å²) in [6.45, 7) is 3.76. The van der Waals surface area contributed by atoms with Gasteiger partial charge in [-0.3, -0.25) is 9.36 Å². The summed E-state index contributed by atoms with van der Waals surface area (Å²) in [4.78, 5) is 24.1. The van der Waals surface area contributed by atoms with Crippen LogP contribution in [0, 0.1) is 0 Å². The molecule has 11 nitrogen and oxygen atoms in total. The number of anilines is 1. The number of carbonyl (C=O) groups excluding carboxylic acids is 1. The van der Waals surface area contributed by atoms with Crippen LogP contribution in [0.1, 0.15) is 19.4 Å². The summed E-state index contributed by atoms with van der Waals surface area (Å²) in [5.41, 5.74) is 7.58. The Hall–Kier alpha value is -2.85. The number of hydrogen-bond acceptors (Lipinski definition) is 9. The number of benzene rings is 1. The third-order valence-corrected chi connectivity index (χ3v) is 6.51. The van der Waals surface area contributed by atoms with Crippen LogP contribution in [0.5, 0.6) is 5.88 Å². The normalized spacial score (nSPS) is 14.2. The molecule has 0 spiro atoms. The highest BCUT2D eigenvalue weighted by Crippen LogP contribution is 2.44. The molecule has 0 aliphatic heterocycles. The van der Waals surface area contributed by atoms with Crippen LogP contribution in [-0.2, 0) is 31.8 Å². The highest BCUT2D eigenvalue weighted by molar-refractivity contribution is 7.56. The van der Waals surface area contributed by atoms with Crippen LogP contribution in [0.2, 0.25) is 0 Å². The first-order chi connectivity index (χ1) is 15.3. The van der Waals surface area contributed by atoms with Crippen molar-refractivity contribution in [1.29, 1.82) is 0 Å². The number of rotatable bonds is 12. The number of methoxy groups -OCH3 is 1. The van der Waals surface area contributed by atoms with Crippen LogP contribution >= 0.6 is 7.52 Å². The Morgan fingerprint density at radius 1 is 1.28 bits per heavy atom. The van der Waals surface area contributed by atoms with Gasteiger partial charge in [-0.05, 0) is 19.4 Å². The van der Waals surface area contributed by atoms with Crippen molar-refractivity contribution < 1.29 is 23.4 Å². The lowest BCUT2D eigenvalue weighted by Crippen LogP contribution is -2.32. The number of nitrogens with zero attached hydrogens (tertiary/aromatic N) is 4. The van der Waals surface area contributed by atoms with Crippen molar-refractivity contribution in [1.82, 2.24) is 24.6 Å². The van der Waals surface area contributed by atoms with Crippen LogP contribution in [0.4, 0.5) is 5.95 Å². The lowest BCUT2D eigenvalue weighted by molar-refractivity contribution is -0.118. The van der Waals surface area contributed by atoms with Crippen molar-refractivity contribution in [3.8, 4) is 5.88 Å². The zero-order valence-corrected chi connectivity index (χ0v) is 19.1. The van der Waals surface area contributed by atoms with Gasteiger partial charge in [-0.2, -0.15) is 9.97 Å². The molecule has 2 aromatic heterocycles. The van der Waals surface area contributed by atoms with Crippen LogP contribution in [0.15, 0.2) is 36.7 Å². The van der Waals surface area contributed by atoms with E-state index < -0.39 is 13.6 Å². The lowest BCUT2D eigenvalue weighted by atomic mass is 10.2. The minimum absolute atomic E-state index is 0.0678. The molecule has 0 aliphatic carbocycles. The van der Waals surface area contributed by atoms with E-state index in [1.165, 1.54) is 14.0 Å². The van der Waals surface area contributed by atoms with Crippen molar-refractivity contribution in [3.05, 3.63) is 42.2 Å². The van der Waals surface area contributed by atoms with E-state index in [-0.39, 0.29) is 37.2 Å². The molecule has 3 rings (SSSR count). The molecular formula is C20H27N6O5P. The van der Waals surface area contributed by atoms with Crippen LogP contribution < -0.4 is 15.6 Å². The van der Waals surface area contributed by atoms with E-state index in [4.69, 9.17) is 19.7 Å². The highest BCUT2D eigenvalue weighted by atomic mass is 31.2. The number of fused-ring (bicyclic) bond motifs is 1. The fourth-order valence-corrected chi connectivity index (χ4v) is 4.56. The van der Waals surface area contributed by atoms with Gasteiger partial charge in [0.15, 0.2) is 11.2 Å². The van der Waals surface area contributed by atoms with Gasteiger partial charge in [0.25, 0.3) is 7.52 Å². The molecule has 3 aromatic rings. The molecular weight excluding hydrogens is 435 g/mol. The third-order valence-electron chi connectivity index (χ3n) is 4.66. The molecule has 2 heterocycles. The highest BCUT2D eigenvalue weighted by Gasteiger charge is 2.27. The van der Waals surface area contributed by atoms with Crippen molar-refractivity contribution in [2.24, 2.45) is 0 Å². The Kier molecular flexibility index (Phi) is 7.92. The van der Waals surface area contributed by atoms with E-state index in [2.05, 4.69) is 20.0 Å². The maximum Gasteiger partial charge on any atom is 0.295 e. The van der Waals surface area contributed by atoms with Crippen molar-refractivity contribution in [3.63, 3.8) is 0 Å². The van der Waals surface area contributed by atoms with Crippen LogP contribution in [-0.4, -0.2) is 51.4 Å². The van der Waals surface area contributed by atoms with E-state index >= 15 is 0 Å². The second-order valence-corrected chi connectivity index (χ2v) is 9.25. The van der Waals surface area contributed by atoms with Gasteiger partial charge in [-0.15, -0.1) is 0 Å². The SMILES string of the molecule is COc1nc(N)nc2c1ncn2CCOCP(=O)(N[C@H](C)C(C)=O)OCc1ccccc1. The Bertz CT molecular complexity index is 1110. The van der Waals surface area contributed by atoms with Crippen molar-refractivity contribution >= 4 is 30.4 Å². The topological polar surface area (TPSA) is 143 Å². The fraction of sp³-hybridized carbons (Fsp3) is 0.400. The maximum atomic E-state index is 13.3. The summed E-state index contributed by atoms with van der Waals surface area (Å²) in [6, 6.07) is 8.72. The number of ketones is 1. The number of Topliss-reactive ketones (excluding diaryl/α,β-unsaturated/α-hetero) is 1.